The number of halogens is 1. The van der Waals surface area contributed by atoms with Gasteiger partial charge in [-0.25, -0.2) is 4.79 Å². The molecule has 0 amide bonds. The lowest BCUT2D eigenvalue weighted by molar-refractivity contribution is 0.0433. The molecule has 0 bridgehead atoms. The Kier molecular flexibility index (Phi) is 17.6. The summed E-state index contributed by atoms with van der Waals surface area (Å²) >= 11 is 5.16. The minimum absolute atomic E-state index is 0. The Morgan fingerprint density at radius 2 is 1.19 bits per heavy atom. The zero-order chi connectivity index (χ0) is 18.9. The Morgan fingerprint density at radius 3 is 1.50 bits per heavy atom. The first-order chi connectivity index (χ1) is 12.1. The Bertz CT molecular complexity index is 587. The molecule has 26 heavy (non-hydrogen) atoms. The van der Waals surface area contributed by atoms with E-state index in [1.807, 2.05) is 12.1 Å². The third-order valence-corrected chi connectivity index (χ3v) is 2.65. The molecule has 0 unspecified atom stereocenters. The maximum atomic E-state index is 11.1. The van der Waals surface area contributed by atoms with Crippen LogP contribution in [0.1, 0.15) is 28.1 Å². The number of rotatable bonds is 5. The average molecular weight is 385 g/mol. The smallest absolute Gasteiger partial charge is 0.338 e. The number of ether oxygens (including phenoxy) is 1. The van der Waals surface area contributed by atoms with Gasteiger partial charge in [0.2, 0.25) is 0 Å². The Morgan fingerprint density at radius 1 is 0.769 bits per heavy atom. The van der Waals surface area contributed by atoms with Gasteiger partial charge in [0.05, 0.1) is 25.4 Å². The second kappa shape index (κ2) is 17.6. The molecule has 2 rings (SSSR count). The first-order valence-electron chi connectivity index (χ1n) is 7.36. The van der Waals surface area contributed by atoms with Crippen LogP contribution >= 0.6 is 11.6 Å². The van der Waals surface area contributed by atoms with Crippen molar-refractivity contribution >= 4 is 22.8 Å². The van der Waals surface area contributed by atoms with Crippen molar-refractivity contribution in [3.05, 3.63) is 71.8 Å². The zero-order valence-corrected chi connectivity index (χ0v) is 14.3. The molecule has 0 saturated heterocycles. The fraction of sp³-hybridized carbons (Fsp3) is 0.263. The van der Waals surface area contributed by atoms with E-state index < -0.39 is 11.2 Å². The van der Waals surface area contributed by atoms with Crippen molar-refractivity contribution in [3.8, 4) is 0 Å². The van der Waals surface area contributed by atoms with Gasteiger partial charge < -0.3 is 20.1 Å². The van der Waals surface area contributed by atoms with Gasteiger partial charge >= 0.3 is 5.97 Å². The molecule has 0 aromatic heterocycles. The van der Waals surface area contributed by atoms with Gasteiger partial charge in [-0.3, -0.25) is 4.79 Å². The average Bonchev–Trinajstić information content (AvgIpc) is 2.68. The van der Waals surface area contributed by atoms with Gasteiger partial charge in [-0.05, 0) is 23.7 Å². The van der Waals surface area contributed by atoms with E-state index in [0.29, 0.717) is 11.1 Å². The molecule has 144 valence electrons. The Balaban J connectivity index is 0. The summed E-state index contributed by atoms with van der Waals surface area (Å²) in [6, 6.07) is 17.4. The summed E-state index contributed by atoms with van der Waals surface area (Å²) in [6.07, 6.45) is 0. The summed E-state index contributed by atoms with van der Waals surface area (Å²) < 4.78 is 4.69. The van der Waals surface area contributed by atoms with Gasteiger partial charge in [0.15, 0.2) is 0 Å². The summed E-state index contributed by atoms with van der Waals surface area (Å²) in [5.74, 6) is -0.398. The van der Waals surface area contributed by atoms with Crippen LogP contribution in [-0.4, -0.2) is 53.0 Å². The number of carbonyl (C=O) groups is 2. The van der Waals surface area contributed by atoms with Crippen LogP contribution in [-0.2, 0) is 4.74 Å². The van der Waals surface area contributed by atoms with E-state index in [9.17, 15) is 9.59 Å². The molecule has 0 spiro atoms. The van der Waals surface area contributed by atoms with Gasteiger partial charge in [-0.15, -0.1) is 0 Å². The lowest BCUT2D eigenvalue weighted by Gasteiger charge is -2.00. The molecule has 2 aromatic carbocycles. The van der Waals surface area contributed by atoms with Crippen molar-refractivity contribution in [1.82, 2.24) is 0 Å². The molecular formula is C19H25ClO6. The number of esters is 1. The van der Waals surface area contributed by atoms with E-state index in [0.717, 1.165) is 0 Å². The number of aliphatic hydroxyl groups excluding tert-OH is 3. The summed E-state index contributed by atoms with van der Waals surface area (Å²) in [6.45, 7) is -0.341. The van der Waals surface area contributed by atoms with E-state index in [1.165, 1.54) is 0 Å². The van der Waals surface area contributed by atoms with Crippen LogP contribution in [0.2, 0.25) is 0 Å². The van der Waals surface area contributed by atoms with Crippen LogP contribution in [0.4, 0.5) is 0 Å². The van der Waals surface area contributed by atoms with E-state index >= 15 is 0 Å². The summed E-state index contributed by atoms with van der Waals surface area (Å²) in [7, 11) is 0. The summed E-state index contributed by atoms with van der Waals surface area (Å²) in [5.41, 5.74) is 1.05. The maximum Gasteiger partial charge on any atom is 0.338 e. The molecule has 0 radical (unpaired) electrons. The summed E-state index contributed by atoms with van der Waals surface area (Å²) in [4.78, 5) is 21.5. The predicted molar refractivity (Wildman–Crippen MR) is 101 cm³/mol. The van der Waals surface area contributed by atoms with Crippen LogP contribution in [0.15, 0.2) is 60.7 Å². The van der Waals surface area contributed by atoms with Crippen molar-refractivity contribution in [3.63, 3.8) is 0 Å². The molecule has 7 heteroatoms. The molecule has 3 N–H and O–H groups in total. The van der Waals surface area contributed by atoms with Gasteiger partial charge in [0.1, 0.15) is 6.61 Å². The van der Waals surface area contributed by atoms with E-state index in [4.69, 9.17) is 26.9 Å². The van der Waals surface area contributed by atoms with Crippen molar-refractivity contribution in [2.45, 2.75) is 7.43 Å². The normalized spacial score (nSPS) is 8.62. The predicted octanol–water partition coefficient (Wildman–Crippen LogP) is 2.51. The van der Waals surface area contributed by atoms with Crippen LogP contribution in [0.5, 0.6) is 0 Å². The maximum absolute atomic E-state index is 11.1. The first kappa shape index (κ1) is 26.0. The molecular weight excluding hydrogens is 360 g/mol. The molecule has 0 aliphatic rings. The van der Waals surface area contributed by atoms with Crippen molar-refractivity contribution in [2.24, 2.45) is 0 Å². The third kappa shape index (κ3) is 13.1. The van der Waals surface area contributed by atoms with Crippen LogP contribution in [0, 0.1) is 0 Å². The largest absolute Gasteiger partial charge is 0.460 e. The first-order valence-corrected chi connectivity index (χ1v) is 7.74. The fourth-order valence-electron chi connectivity index (χ4n) is 1.37. The molecule has 0 saturated carbocycles. The number of hydrogen-bond donors (Lipinski definition) is 3. The standard InChI is InChI=1S/C9H10O3.C7H5ClO.C2H6O2.CH4/c10-6-7-12-9(11)8-4-2-1-3-5-8;8-7(9)6-4-2-1-3-5-6;3-1-2-4;/h1-5,10H,6-7H2;1-5H;3-4H,1-2H2;1H4. The third-order valence-electron chi connectivity index (χ3n) is 2.43. The summed E-state index contributed by atoms with van der Waals surface area (Å²) in [5, 5.41) is 23.2. The van der Waals surface area contributed by atoms with Crippen molar-refractivity contribution < 1.29 is 29.6 Å². The van der Waals surface area contributed by atoms with E-state index in [2.05, 4.69) is 4.74 Å². The molecule has 0 aliphatic heterocycles. The molecule has 0 heterocycles. The van der Waals surface area contributed by atoms with Gasteiger partial charge in [0, 0.05) is 5.56 Å². The zero-order valence-electron chi connectivity index (χ0n) is 13.5. The van der Waals surface area contributed by atoms with Gasteiger partial charge in [-0.1, -0.05) is 56.0 Å². The van der Waals surface area contributed by atoms with E-state index in [1.54, 1.807) is 48.5 Å². The fourth-order valence-corrected chi connectivity index (χ4v) is 1.49. The van der Waals surface area contributed by atoms with Crippen molar-refractivity contribution in [2.75, 3.05) is 26.4 Å². The SMILES string of the molecule is C.O=C(Cl)c1ccccc1.O=C(OCCO)c1ccccc1.OCCO. The topological polar surface area (TPSA) is 104 Å². The second-order valence-corrected chi connectivity index (χ2v) is 4.66. The Hall–Kier alpha value is -2.25. The van der Waals surface area contributed by atoms with Crippen LogP contribution in [0.3, 0.4) is 0 Å². The van der Waals surface area contributed by atoms with E-state index in [-0.39, 0.29) is 33.9 Å². The van der Waals surface area contributed by atoms with Gasteiger partial charge in [-0.2, -0.15) is 0 Å². The quantitative estimate of drug-likeness (QED) is 0.540. The van der Waals surface area contributed by atoms with Gasteiger partial charge in [0.25, 0.3) is 5.24 Å². The minimum Gasteiger partial charge on any atom is -0.460 e. The highest BCUT2D eigenvalue weighted by atomic mass is 35.5. The molecule has 6 nitrogen and oxygen atoms in total. The molecule has 0 fully saturated rings. The van der Waals surface area contributed by atoms with Crippen LogP contribution in [0.25, 0.3) is 0 Å². The number of benzene rings is 2. The number of hydrogen-bond acceptors (Lipinski definition) is 6. The highest BCUT2D eigenvalue weighted by Gasteiger charge is 2.03. The van der Waals surface area contributed by atoms with Crippen molar-refractivity contribution in [1.29, 1.82) is 0 Å². The molecule has 0 atom stereocenters. The lowest BCUT2D eigenvalue weighted by atomic mass is 10.2. The highest BCUT2D eigenvalue weighted by Crippen LogP contribution is 2.01. The number of carbonyl (C=O) groups excluding carboxylic acids is 2. The highest BCUT2D eigenvalue weighted by molar-refractivity contribution is 6.67. The monoisotopic (exact) mass is 384 g/mol. The molecule has 2 aromatic rings. The Labute approximate surface area is 158 Å². The van der Waals surface area contributed by atoms with Crippen LogP contribution < -0.4 is 0 Å². The molecule has 0 aliphatic carbocycles. The lowest BCUT2D eigenvalue weighted by Crippen LogP contribution is -2.08. The second-order valence-electron chi connectivity index (χ2n) is 4.31. The minimum atomic E-state index is -0.407. The number of aliphatic hydroxyl groups is 3.